The van der Waals surface area contributed by atoms with Crippen LogP contribution in [0.15, 0.2) is 78.9 Å². The number of sulfonamides is 1. The van der Waals surface area contributed by atoms with Gasteiger partial charge in [0.1, 0.15) is 30.8 Å². The van der Waals surface area contributed by atoms with Crippen molar-refractivity contribution in [2.75, 3.05) is 23.7 Å². The molecular weight excluding hydrogens is 521 g/mol. The lowest BCUT2D eigenvalue weighted by atomic mass is 10.1. The molecule has 3 aromatic carbocycles. The topological polar surface area (TPSA) is 96.0 Å². The standard InChI is InChI=1S/C29H34FN3O5S/c1-4-27(29(35)31-5-2)32(19-22-11-13-24(30)14-12-22)28(34)20-33(39(3,36)37)25-15-17-26(18-16-25)38-21-23-9-7-6-8-10-23/h6-18,27H,4-5,19-21H2,1-3H3,(H,31,35)/t27-/m1/s1. The molecule has 0 aliphatic rings. The summed E-state index contributed by atoms with van der Waals surface area (Å²) >= 11 is 0. The summed E-state index contributed by atoms with van der Waals surface area (Å²) in [6, 6.07) is 20.8. The third-order valence-corrected chi connectivity index (χ3v) is 7.20. The van der Waals surface area contributed by atoms with Crippen molar-refractivity contribution in [3.8, 4) is 5.75 Å². The highest BCUT2D eigenvalue weighted by atomic mass is 32.2. The predicted octanol–water partition coefficient (Wildman–Crippen LogP) is 4.11. The van der Waals surface area contributed by atoms with Crippen LogP contribution in [-0.4, -0.2) is 50.5 Å². The summed E-state index contributed by atoms with van der Waals surface area (Å²) in [5.74, 6) is -0.789. The van der Waals surface area contributed by atoms with Crippen molar-refractivity contribution >= 4 is 27.5 Å². The number of likely N-dealkylation sites (N-methyl/N-ethyl adjacent to an activating group) is 1. The lowest BCUT2D eigenvalue weighted by molar-refractivity contribution is -0.140. The summed E-state index contributed by atoms with van der Waals surface area (Å²) in [7, 11) is -3.86. The van der Waals surface area contributed by atoms with E-state index < -0.39 is 34.3 Å². The number of rotatable bonds is 13. The molecule has 0 fully saturated rings. The van der Waals surface area contributed by atoms with Gasteiger partial charge in [-0.1, -0.05) is 49.4 Å². The van der Waals surface area contributed by atoms with Crippen LogP contribution in [0, 0.1) is 5.82 Å². The highest BCUT2D eigenvalue weighted by Crippen LogP contribution is 2.23. The van der Waals surface area contributed by atoms with Gasteiger partial charge in [-0.15, -0.1) is 0 Å². The normalized spacial score (nSPS) is 11.9. The number of nitrogens with one attached hydrogen (secondary N) is 1. The van der Waals surface area contributed by atoms with Gasteiger partial charge in [-0.25, -0.2) is 12.8 Å². The molecule has 0 radical (unpaired) electrons. The van der Waals surface area contributed by atoms with E-state index in [1.54, 1.807) is 38.1 Å². The highest BCUT2D eigenvalue weighted by molar-refractivity contribution is 7.92. The Morgan fingerprint density at radius 1 is 0.923 bits per heavy atom. The number of hydrogen-bond donors (Lipinski definition) is 1. The Kier molecular flexibility index (Phi) is 10.4. The van der Waals surface area contributed by atoms with E-state index in [9.17, 15) is 22.4 Å². The largest absolute Gasteiger partial charge is 0.489 e. The van der Waals surface area contributed by atoms with Crippen LogP contribution >= 0.6 is 0 Å². The number of anilines is 1. The van der Waals surface area contributed by atoms with Crippen LogP contribution in [0.3, 0.4) is 0 Å². The van der Waals surface area contributed by atoms with Crippen molar-refractivity contribution in [2.45, 2.75) is 39.5 Å². The maximum Gasteiger partial charge on any atom is 0.244 e. The maximum atomic E-state index is 13.6. The molecule has 0 aliphatic carbocycles. The van der Waals surface area contributed by atoms with Gasteiger partial charge in [-0.3, -0.25) is 13.9 Å². The fraction of sp³-hybridized carbons (Fsp3) is 0.310. The fourth-order valence-electron chi connectivity index (χ4n) is 4.06. The zero-order valence-corrected chi connectivity index (χ0v) is 23.2. The summed E-state index contributed by atoms with van der Waals surface area (Å²) in [5.41, 5.74) is 1.88. The van der Waals surface area contributed by atoms with Crippen molar-refractivity contribution in [1.29, 1.82) is 0 Å². The Hall–Kier alpha value is -3.92. The summed E-state index contributed by atoms with van der Waals surface area (Å²) < 4.78 is 45.8. The summed E-state index contributed by atoms with van der Waals surface area (Å²) in [6.07, 6.45) is 1.33. The number of ether oxygens (including phenoxy) is 1. The molecule has 0 saturated carbocycles. The first-order valence-corrected chi connectivity index (χ1v) is 14.5. The molecule has 208 valence electrons. The molecule has 0 spiro atoms. The van der Waals surface area contributed by atoms with Gasteiger partial charge in [0.2, 0.25) is 21.8 Å². The second-order valence-electron chi connectivity index (χ2n) is 9.00. The number of hydrogen-bond acceptors (Lipinski definition) is 5. The monoisotopic (exact) mass is 555 g/mol. The van der Waals surface area contributed by atoms with Crippen molar-refractivity contribution in [3.63, 3.8) is 0 Å². The highest BCUT2D eigenvalue weighted by Gasteiger charge is 2.31. The lowest BCUT2D eigenvalue weighted by Gasteiger charge is -2.32. The van der Waals surface area contributed by atoms with Crippen LogP contribution < -0.4 is 14.4 Å². The van der Waals surface area contributed by atoms with Gasteiger partial charge in [-0.2, -0.15) is 0 Å². The van der Waals surface area contributed by atoms with E-state index in [0.29, 0.717) is 30.9 Å². The van der Waals surface area contributed by atoms with E-state index in [4.69, 9.17) is 4.74 Å². The van der Waals surface area contributed by atoms with Gasteiger partial charge in [0, 0.05) is 13.1 Å². The van der Waals surface area contributed by atoms with Crippen molar-refractivity contribution < 1.29 is 27.1 Å². The van der Waals surface area contributed by atoms with Crippen LogP contribution in [0.4, 0.5) is 10.1 Å². The Morgan fingerprint density at radius 3 is 2.13 bits per heavy atom. The molecule has 0 unspecified atom stereocenters. The molecule has 8 nitrogen and oxygen atoms in total. The third-order valence-electron chi connectivity index (χ3n) is 6.06. The number of nitrogens with zero attached hydrogens (tertiary/aromatic N) is 2. The predicted molar refractivity (Wildman–Crippen MR) is 149 cm³/mol. The minimum absolute atomic E-state index is 0.0125. The molecule has 1 N–H and O–H groups in total. The van der Waals surface area contributed by atoms with Crippen LogP contribution in [0.2, 0.25) is 0 Å². The van der Waals surface area contributed by atoms with E-state index in [1.807, 2.05) is 30.3 Å². The molecule has 0 aromatic heterocycles. The number of benzene rings is 3. The molecule has 3 rings (SSSR count). The first-order chi connectivity index (χ1) is 18.6. The van der Waals surface area contributed by atoms with Gasteiger partial charge >= 0.3 is 0 Å². The van der Waals surface area contributed by atoms with Crippen molar-refractivity contribution in [2.24, 2.45) is 0 Å². The summed E-state index contributed by atoms with van der Waals surface area (Å²) in [4.78, 5) is 27.8. The molecule has 0 bridgehead atoms. The smallest absolute Gasteiger partial charge is 0.244 e. The Bertz CT molecular complexity index is 1330. The molecule has 1 atom stereocenters. The minimum Gasteiger partial charge on any atom is -0.489 e. The number of amides is 2. The van der Waals surface area contributed by atoms with E-state index in [2.05, 4.69) is 5.32 Å². The van der Waals surface area contributed by atoms with Gasteiger partial charge in [0.15, 0.2) is 0 Å². The lowest BCUT2D eigenvalue weighted by Crippen LogP contribution is -2.52. The minimum atomic E-state index is -3.86. The first kappa shape index (κ1) is 29.6. The SMILES string of the molecule is CCNC(=O)[C@@H](CC)N(Cc1ccc(F)cc1)C(=O)CN(c1ccc(OCc2ccccc2)cc1)S(C)(=O)=O. The van der Waals surface area contributed by atoms with E-state index >= 15 is 0 Å². The van der Waals surface area contributed by atoms with Gasteiger partial charge in [0.25, 0.3) is 0 Å². The average Bonchev–Trinajstić information content (AvgIpc) is 2.92. The second-order valence-corrected chi connectivity index (χ2v) is 10.9. The Labute approximate surface area is 229 Å². The molecule has 0 heterocycles. The zero-order valence-electron chi connectivity index (χ0n) is 22.3. The quantitative estimate of drug-likeness (QED) is 0.343. The molecule has 2 amide bonds. The summed E-state index contributed by atoms with van der Waals surface area (Å²) in [5, 5.41) is 2.73. The van der Waals surface area contributed by atoms with Crippen molar-refractivity contribution in [1.82, 2.24) is 10.2 Å². The molecular formula is C29H34FN3O5S. The van der Waals surface area contributed by atoms with E-state index in [1.165, 1.54) is 29.2 Å². The Balaban J connectivity index is 1.83. The number of halogens is 1. The van der Waals surface area contributed by atoms with Crippen LogP contribution in [-0.2, 0) is 32.8 Å². The van der Waals surface area contributed by atoms with Gasteiger partial charge in [-0.05, 0) is 60.9 Å². The number of carbonyl (C=O) groups is 2. The van der Waals surface area contributed by atoms with E-state index in [0.717, 1.165) is 16.1 Å². The molecule has 10 heteroatoms. The average molecular weight is 556 g/mol. The maximum absolute atomic E-state index is 13.6. The summed E-state index contributed by atoms with van der Waals surface area (Å²) in [6.45, 7) is 3.77. The van der Waals surface area contributed by atoms with Crippen LogP contribution in [0.25, 0.3) is 0 Å². The van der Waals surface area contributed by atoms with Gasteiger partial charge < -0.3 is 15.0 Å². The van der Waals surface area contributed by atoms with Crippen LogP contribution in [0.1, 0.15) is 31.4 Å². The van der Waals surface area contributed by atoms with E-state index in [-0.39, 0.29) is 18.1 Å². The van der Waals surface area contributed by atoms with Crippen LogP contribution in [0.5, 0.6) is 5.75 Å². The Morgan fingerprint density at radius 2 is 1.56 bits per heavy atom. The fourth-order valence-corrected chi connectivity index (χ4v) is 4.91. The number of carbonyl (C=O) groups excluding carboxylic acids is 2. The molecule has 39 heavy (non-hydrogen) atoms. The molecule has 3 aromatic rings. The molecule has 0 saturated heterocycles. The van der Waals surface area contributed by atoms with Gasteiger partial charge in [0.05, 0.1) is 11.9 Å². The van der Waals surface area contributed by atoms with Crippen molar-refractivity contribution in [3.05, 3.63) is 95.8 Å². The zero-order chi connectivity index (χ0) is 28.4. The second kappa shape index (κ2) is 13.7. The first-order valence-electron chi connectivity index (χ1n) is 12.7. The molecule has 0 aliphatic heterocycles. The third kappa shape index (κ3) is 8.54.